The predicted molar refractivity (Wildman–Crippen MR) is 117 cm³/mol. The summed E-state index contributed by atoms with van der Waals surface area (Å²) in [7, 11) is 0. The lowest BCUT2D eigenvalue weighted by Gasteiger charge is -2.46. The lowest BCUT2D eigenvalue weighted by atomic mass is 9.98. The van der Waals surface area contributed by atoms with E-state index in [1.54, 1.807) is 0 Å². The molecule has 0 atom stereocenters. The normalized spacial score (nSPS) is 17.1. The van der Waals surface area contributed by atoms with E-state index in [1.807, 2.05) is 52.6 Å². The van der Waals surface area contributed by atoms with Gasteiger partial charge >= 0.3 is 6.03 Å². The Hall–Kier alpha value is -2.63. The third kappa shape index (κ3) is 3.80. The second kappa shape index (κ2) is 8.01. The van der Waals surface area contributed by atoms with Crippen molar-refractivity contribution >= 4 is 17.4 Å². The largest absolute Gasteiger partial charge is 0.327 e. The average Bonchev–Trinajstić information content (AvgIpc) is 3.20. The van der Waals surface area contributed by atoms with Crippen molar-refractivity contribution in [2.75, 3.05) is 19.6 Å². The number of thiophene rings is 1. The molecule has 2 amide bonds. The number of nitrogens with one attached hydrogen (secondary N) is 1. The van der Waals surface area contributed by atoms with Crippen molar-refractivity contribution in [1.82, 2.24) is 15.1 Å². The standard InChI is InChI=1S/C24H25N3OS/c28-24(25-23(18-7-3-1-4-8-18)19-9-5-2-6-10-19)27-16-21(17-27)26-13-11-22-20(15-26)12-14-29-22/h1-10,12,14,21,23H,11,13,15-17H2,(H,25,28). The van der Waals surface area contributed by atoms with E-state index in [2.05, 4.69) is 45.9 Å². The van der Waals surface area contributed by atoms with Gasteiger partial charge < -0.3 is 10.2 Å². The van der Waals surface area contributed by atoms with Crippen molar-refractivity contribution in [2.45, 2.75) is 25.0 Å². The van der Waals surface area contributed by atoms with Gasteiger partial charge in [0.05, 0.1) is 6.04 Å². The van der Waals surface area contributed by atoms with Crippen molar-refractivity contribution in [3.63, 3.8) is 0 Å². The molecule has 1 N–H and O–H groups in total. The molecule has 2 aliphatic heterocycles. The van der Waals surface area contributed by atoms with Crippen LogP contribution in [0, 0.1) is 0 Å². The maximum absolute atomic E-state index is 13.0. The number of nitrogens with zero attached hydrogens (tertiary/aromatic N) is 2. The SMILES string of the molecule is O=C(NC(c1ccccc1)c1ccccc1)N1CC(N2CCc3sccc3C2)C1. The first-order valence-electron chi connectivity index (χ1n) is 10.2. The van der Waals surface area contributed by atoms with E-state index in [9.17, 15) is 4.79 Å². The van der Waals surface area contributed by atoms with E-state index < -0.39 is 0 Å². The van der Waals surface area contributed by atoms with Gasteiger partial charge in [0.2, 0.25) is 0 Å². The summed E-state index contributed by atoms with van der Waals surface area (Å²) in [6.45, 7) is 3.74. The summed E-state index contributed by atoms with van der Waals surface area (Å²) in [4.78, 5) is 19.0. The fraction of sp³-hybridized carbons (Fsp3) is 0.292. The summed E-state index contributed by atoms with van der Waals surface area (Å²) in [5.41, 5.74) is 3.67. The Morgan fingerprint density at radius 2 is 1.62 bits per heavy atom. The minimum atomic E-state index is -0.132. The Balaban J connectivity index is 1.23. The van der Waals surface area contributed by atoms with Crippen LogP contribution in [0.25, 0.3) is 0 Å². The van der Waals surface area contributed by atoms with Crippen LogP contribution in [0.4, 0.5) is 4.79 Å². The van der Waals surface area contributed by atoms with Gasteiger partial charge in [0.1, 0.15) is 0 Å². The summed E-state index contributed by atoms with van der Waals surface area (Å²) in [5.74, 6) is 0. The van der Waals surface area contributed by atoms with Gasteiger partial charge in [-0.05, 0) is 34.6 Å². The quantitative estimate of drug-likeness (QED) is 0.705. The molecule has 0 aliphatic carbocycles. The van der Waals surface area contributed by atoms with E-state index in [0.29, 0.717) is 6.04 Å². The molecule has 0 radical (unpaired) electrons. The second-order valence-electron chi connectivity index (χ2n) is 7.85. The highest BCUT2D eigenvalue weighted by Crippen LogP contribution is 2.28. The molecule has 4 nitrogen and oxygen atoms in total. The first kappa shape index (κ1) is 18.4. The van der Waals surface area contributed by atoms with Crippen LogP contribution in [0.15, 0.2) is 72.1 Å². The van der Waals surface area contributed by atoms with Crippen molar-refractivity contribution < 1.29 is 4.79 Å². The van der Waals surface area contributed by atoms with Crippen LogP contribution >= 0.6 is 11.3 Å². The van der Waals surface area contributed by atoms with Crippen LogP contribution in [-0.4, -0.2) is 41.5 Å². The van der Waals surface area contributed by atoms with Crippen LogP contribution < -0.4 is 5.32 Å². The highest BCUT2D eigenvalue weighted by atomic mass is 32.1. The molecule has 2 aliphatic rings. The summed E-state index contributed by atoms with van der Waals surface area (Å²) in [6.07, 6.45) is 1.14. The number of hydrogen-bond donors (Lipinski definition) is 1. The van der Waals surface area contributed by atoms with Crippen molar-refractivity contribution in [3.05, 3.63) is 93.7 Å². The van der Waals surface area contributed by atoms with Gasteiger partial charge in [-0.3, -0.25) is 4.90 Å². The molecule has 0 unspecified atom stereocenters. The fourth-order valence-electron chi connectivity index (χ4n) is 4.30. The van der Waals surface area contributed by atoms with Gasteiger partial charge in [-0.15, -0.1) is 11.3 Å². The van der Waals surface area contributed by atoms with E-state index >= 15 is 0 Å². The first-order valence-corrected chi connectivity index (χ1v) is 11.1. The highest BCUT2D eigenvalue weighted by molar-refractivity contribution is 7.10. The second-order valence-corrected chi connectivity index (χ2v) is 8.85. The Morgan fingerprint density at radius 3 is 2.28 bits per heavy atom. The van der Waals surface area contributed by atoms with E-state index in [1.165, 1.54) is 10.4 Å². The monoisotopic (exact) mass is 403 g/mol. The third-order valence-electron chi connectivity index (χ3n) is 6.04. The molecule has 0 saturated carbocycles. The molecule has 5 rings (SSSR count). The van der Waals surface area contributed by atoms with E-state index in [4.69, 9.17) is 0 Å². The Morgan fingerprint density at radius 1 is 0.966 bits per heavy atom. The summed E-state index contributed by atoms with van der Waals surface area (Å²) >= 11 is 1.87. The molecular weight excluding hydrogens is 378 g/mol. The lowest BCUT2D eigenvalue weighted by molar-refractivity contribution is 0.0482. The van der Waals surface area contributed by atoms with Crippen LogP contribution in [0.5, 0.6) is 0 Å². The number of carbonyl (C=O) groups excluding carboxylic acids is 1. The molecule has 3 aromatic rings. The van der Waals surface area contributed by atoms with Gasteiger partial charge in [-0.25, -0.2) is 4.79 Å². The first-order chi connectivity index (χ1) is 14.3. The molecule has 1 fully saturated rings. The van der Waals surface area contributed by atoms with Gasteiger partial charge in [-0.1, -0.05) is 60.7 Å². The summed E-state index contributed by atoms with van der Waals surface area (Å²) in [5, 5.41) is 5.45. The molecule has 0 bridgehead atoms. The summed E-state index contributed by atoms with van der Waals surface area (Å²) < 4.78 is 0. The zero-order valence-electron chi connectivity index (χ0n) is 16.3. The Bertz CT molecular complexity index is 927. The smallest absolute Gasteiger partial charge is 0.318 e. The topological polar surface area (TPSA) is 35.6 Å². The lowest BCUT2D eigenvalue weighted by Crippen LogP contribution is -2.63. The number of hydrogen-bond acceptors (Lipinski definition) is 3. The zero-order chi connectivity index (χ0) is 19.6. The average molecular weight is 404 g/mol. The third-order valence-corrected chi connectivity index (χ3v) is 7.06. The molecule has 1 saturated heterocycles. The number of benzene rings is 2. The molecule has 29 heavy (non-hydrogen) atoms. The molecule has 5 heteroatoms. The van der Waals surface area contributed by atoms with Crippen LogP contribution in [0.3, 0.4) is 0 Å². The van der Waals surface area contributed by atoms with Gasteiger partial charge in [0.25, 0.3) is 0 Å². The molecule has 0 spiro atoms. The van der Waals surface area contributed by atoms with Gasteiger partial charge in [0, 0.05) is 37.1 Å². The van der Waals surface area contributed by atoms with Crippen LogP contribution in [-0.2, 0) is 13.0 Å². The number of amides is 2. The highest BCUT2D eigenvalue weighted by Gasteiger charge is 2.37. The fourth-order valence-corrected chi connectivity index (χ4v) is 5.19. The van der Waals surface area contributed by atoms with Gasteiger partial charge in [0.15, 0.2) is 0 Å². The Labute approximate surface area is 175 Å². The molecule has 1 aromatic heterocycles. The zero-order valence-corrected chi connectivity index (χ0v) is 17.1. The number of rotatable bonds is 4. The molecule has 2 aromatic carbocycles. The van der Waals surface area contributed by atoms with E-state index in [-0.39, 0.29) is 12.1 Å². The maximum atomic E-state index is 13.0. The summed E-state index contributed by atoms with van der Waals surface area (Å²) in [6, 6.07) is 23.0. The molecular formula is C24H25N3OS. The van der Waals surface area contributed by atoms with Crippen LogP contribution in [0.1, 0.15) is 27.6 Å². The minimum absolute atomic E-state index is 0.0205. The number of likely N-dealkylation sites (tertiary alicyclic amines) is 1. The molecule has 3 heterocycles. The van der Waals surface area contributed by atoms with Crippen molar-refractivity contribution in [3.8, 4) is 0 Å². The predicted octanol–water partition coefficient (Wildman–Crippen LogP) is 4.29. The number of carbonyl (C=O) groups is 1. The van der Waals surface area contributed by atoms with Gasteiger partial charge in [-0.2, -0.15) is 0 Å². The molecule has 148 valence electrons. The number of urea groups is 1. The maximum Gasteiger partial charge on any atom is 0.318 e. The van der Waals surface area contributed by atoms with E-state index in [0.717, 1.165) is 43.7 Å². The van der Waals surface area contributed by atoms with Crippen LogP contribution in [0.2, 0.25) is 0 Å². The minimum Gasteiger partial charge on any atom is -0.327 e. The Kier molecular flexibility index (Phi) is 5.08. The van der Waals surface area contributed by atoms with Crippen molar-refractivity contribution in [1.29, 1.82) is 0 Å². The number of fused-ring (bicyclic) bond motifs is 1. The van der Waals surface area contributed by atoms with Crippen molar-refractivity contribution in [2.24, 2.45) is 0 Å².